The summed E-state index contributed by atoms with van der Waals surface area (Å²) in [5, 5.41) is 0.164. The van der Waals surface area contributed by atoms with Gasteiger partial charge < -0.3 is 9.64 Å². The van der Waals surface area contributed by atoms with E-state index in [0.29, 0.717) is 25.3 Å². The molecular formula is C19H20ClFN2O2. The second kappa shape index (κ2) is 7.93. The highest BCUT2D eigenvalue weighted by atomic mass is 35.5. The molecule has 1 amide bonds. The molecule has 1 aromatic carbocycles. The van der Waals surface area contributed by atoms with E-state index in [4.69, 9.17) is 16.3 Å². The summed E-state index contributed by atoms with van der Waals surface area (Å²) in [6, 6.07) is 6.53. The third kappa shape index (κ3) is 4.17. The Bertz CT molecular complexity index is 749. The van der Waals surface area contributed by atoms with Crippen molar-refractivity contribution >= 4 is 17.5 Å². The smallest absolute Gasteiger partial charge is 0.258 e. The first-order valence-corrected chi connectivity index (χ1v) is 8.68. The number of pyridine rings is 1. The lowest BCUT2D eigenvalue weighted by Crippen LogP contribution is -2.37. The van der Waals surface area contributed by atoms with Gasteiger partial charge in [0.05, 0.1) is 16.7 Å². The minimum absolute atomic E-state index is 0.0302. The lowest BCUT2D eigenvalue weighted by Gasteiger charge is -2.26. The number of ether oxygens (including phenoxy) is 1. The number of halogens is 2. The molecule has 0 aliphatic carbocycles. The highest BCUT2D eigenvalue weighted by Gasteiger charge is 2.27. The molecule has 0 N–H and O–H groups in total. The van der Waals surface area contributed by atoms with E-state index in [2.05, 4.69) is 4.98 Å². The van der Waals surface area contributed by atoms with Crippen LogP contribution in [0.4, 0.5) is 4.39 Å². The van der Waals surface area contributed by atoms with Crippen molar-refractivity contribution in [3.8, 4) is 0 Å². The Balaban J connectivity index is 1.90. The minimum Gasteiger partial charge on any atom is -0.376 e. The van der Waals surface area contributed by atoms with E-state index in [0.717, 1.165) is 18.4 Å². The average Bonchev–Trinajstić information content (AvgIpc) is 3.12. The van der Waals surface area contributed by atoms with Crippen LogP contribution in [0.15, 0.2) is 36.7 Å². The first-order valence-electron chi connectivity index (χ1n) is 8.30. The van der Waals surface area contributed by atoms with E-state index in [1.165, 1.54) is 6.07 Å². The van der Waals surface area contributed by atoms with Gasteiger partial charge >= 0.3 is 0 Å². The highest BCUT2D eigenvalue weighted by molar-refractivity contribution is 6.34. The van der Waals surface area contributed by atoms with Crippen molar-refractivity contribution < 1.29 is 13.9 Å². The Kier molecular flexibility index (Phi) is 5.66. The maximum absolute atomic E-state index is 14.3. The Morgan fingerprint density at radius 3 is 2.80 bits per heavy atom. The highest BCUT2D eigenvalue weighted by Crippen LogP contribution is 2.26. The molecule has 1 aromatic heterocycles. The summed E-state index contributed by atoms with van der Waals surface area (Å²) < 4.78 is 20.0. The first-order chi connectivity index (χ1) is 12.1. The maximum Gasteiger partial charge on any atom is 0.258 e. The molecule has 4 nitrogen and oxygen atoms in total. The Morgan fingerprint density at radius 2 is 2.12 bits per heavy atom. The number of hydrogen-bond acceptors (Lipinski definition) is 3. The van der Waals surface area contributed by atoms with Gasteiger partial charge in [0.1, 0.15) is 5.82 Å². The van der Waals surface area contributed by atoms with Gasteiger partial charge in [0.15, 0.2) is 0 Å². The molecule has 2 aromatic rings. The summed E-state index contributed by atoms with van der Waals surface area (Å²) in [6.07, 6.45) is 5.18. The van der Waals surface area contributed by atoms with Crippen molar-refractivity contribution in [3.05, 3.63) is 64.2 Å². The van der Waals surface area contributed by atoms with E-state index in [1.54, 1.807) is 30.3 Å². The largest absolute Gasteiger partial charge is 0.376 e. The van der Waals surface area contributed by atoms with Gasteiger partial charge in [0.25, 0.3) is 5.91 Å². The van der Waals surface area contributed by atoms with Crippen molar-refractivity contribution in [2.75, 3.05) is 13.2 Å². The molecule has 1 fully saturated rings. The molecule has 25 heavy (non-hydrogen) atoms. The number of carbonyl (C=O) groups excluding carboxylic acids is 1. The fourth-order valence-corrected chi connectivity index (χ4v) is 3.21. The fourth-order valence-electron chi connectivity index (χ4n) is 2.97. The van der Waals surface area contributed by atoms with Gasteiger partial charge in [-0.25, -0.2) is 4.39 Å². The molecule has 1 aliphatic rings. The van der Waals surface area contributed by atoms with Gasteiger partial charge in [-0.05, 0) is 49.1 Å². The van der Waals surface area contributed by atoms with Crippen LogP contribution in [0.5, 0.6) is 0 Å². The third-order valence-electron chi connectivity index (χ3n) is 4.36. The summed E-state index contributed by atoms with van der Waals surface area (Å²) in [4.78, 5) is 18.7. The molecule has 2 heterocycles. The molecular weight excluding hydrogens is 343 g/mol. The van der Waals surface area contributed by atoms with Gasteiger partial charge in [0, 0.05) is 32.1 Å². The van der Waals surface area contributed by atoms with E-state index in [1.807, 2.05) is 12.1 Å². The normalized spacial score (nSPS) is 16.8. The van der Waals surface area contributed by atoms with E-state index < -0.39 is 11.7 Å². The van der Waals surface area contributed by atoms with Crippen molar-refractivity contribution in [1.82, 2.24) is 9.88 Å². The quantitative estimate of drug-likeness (QED) is 0.807. The van der Waals surface area contributed by atoms with Crippen molar-refractivity contribution in [2.24, 2.45) is 0 Å². The zero-order chi connectivity index (χ0) is 17.8. The molecule has 1 saturated heterocycles. The Morgan fingerprint density at radius 1 is 1.36 bits per heavy atom. The molecule has 3 rings (SSSR count). The van der Waals surface area contributed by atoms with E-state index >= 15 is 0 Å². The number of hydrogen-bond donors (Lipinski definition) is 0. The second-order valence-corrected chi connectivity index (χ2v) is 6.61. The van der Waals surface area contributed by atoms with E-state index in [9.17, 15) is 9.18 Å². The first kappa shape index (κ1) is 17.8. The third-order valence-corrected chi connectivity index (χ3v) is 4.84. The molecule has 132 valence electrons. The van der Waals surface area contributed by atoms with Crippen LogP contribution in [0.1, 0.15) is 34.3 Å². The predicted molar refractivity (Wildman–Crippen MR) is 94.1 cm³/mol. The molecule has 0 saturated carbocycles. The van der Waals surface area contributed by atoms with Crippen molar-refractivity contribution in [1.29, 1.82) is 0 Å². The lowest BCUT2D eigenvalue weighted by atomic mass is 10.1. The van der Waals surface area contributed by atoms with Gasteiger partial charge in [0.2, 0.25) is 0 Å². The number of aromatic nitrogens is 1. The van der Waals surface area contributed by atoms with Crippen LogP contribution in [0.2, 0.25) is 5.02 Å². The predicted octanol–water partition coefficient (Wildman–Crippen LogP) is 4.00. The Labute approximate surface area is 151 Å². The van der Waals surface area contributed by atoms with Crippen LogP contribution in [-0.2, 0) is 11.3 Å². The van der Waals surface area contributed by atoms with Gasteiger partial charge in [-0.1, -0.05) is 17.7 Å². The molecule has 0 unspecified atom stereocenters. The number of rotatable bonds is 5. The van der Waals surface area contributed by atoms with Crippen LogP contribution in [-0.4, -0.2) is 35.0 Å². The van der Waals surface area contributed by atoms with Crippen LogP contribution < -0.4 is 0 Å². The van der Waals surface area contributed by atoms with Crippen molar-refractivity contribution in [2.45, 2.75) is 32.4 Å². The van der Waals surface area contributed by atoms with Crippen LogP contribution >= 0.6 is 11.6 Å². The van der Waals surface area contributed by atoms with Gasteiger partial charge in [-0.2, -0.15) is 0 Å². The minimum atomic E-state index is -0.604. The molecule has 1 aliphatic heterocycles. The van der Waals surface area contributed by atoms with Crippen LogP contribution in [0, 0.1) is 12.7 Å². The molecule has 0 radical (unpaired) electrons. The second-order valence-electron chi connectivity index (χ2n) is 6.23. The number of benzene rings is 1. The topological polar surface area (TPSA) is 42.4 Å². The molecule has 0 spiro atoms. The van der Waals surface area contributed by atoms with Gasteiger partial charge in [-0.3, -0.25) is 9.78 Å². The number of aryl methyl sites for hydroxylation is 1. The molecule has 6 heteroatoms. The van der Waals surface area contributed by atoms with Crippen LogP contribution in [0.25, 0.3) is 0 Å². The number of nitrogens with zero attached hydrogens (tertiary/aromatic N) is 2. The number of carbonyl (C=O) groups is 1. The molecule has 1 atom stereocenters. The summed E-state index contributed by atoms with van der Waals surface area (Å²) in [5.41, 5.74) is 1.52. The van der Waals surface area contributed by atoms with Gasteiger partial charge in [-0.15, -0.1) is 0 Å². The summed E-state index contributed by atoms with van der Waals surface area (Å²) in [5.74, 6) is -1.02. The summed E-state index contributed by atoms with van der Waals surface area (Å²) in [7, 11) is 0. The lowest BCUT2D eigenvalue weighted by molar-refractivity contribution is 0.0504. The zero-order valence-electron chi connectivity index (χ0n) is 14.0. The average molecular weight is 363 g/mol. The monoisotopic (exact) mass is 362 g/mol. The van der Waals surface area contributed by atoms with Crippen molar-refractivity contribution in [3.63, 3.8) is 0 Å². The fraction of sp³-hybridized carbons (Fsp3) is 0.368. The molecule has 0 bridgehead atoms. The standard InChI is InChI=1S/C19H20ClFN2O2/c1-13-4-5-16(21)17(18(13)20)19(24)23(12-15-3-2-10-25-15)11-14-6-8-22-9-7-14/h4-9,15H,2-3,10-12H2,1H3/t15-/m0/s1. The Hall–Kier alpha value is -1.98. The summed E-state index contributed by atoms with van der Waals surface area (Å²) in [6.45, 7) is 3.21. The SMILES string of the molecule is Cc1ccc(F)c(C(=O)N(Cc2ccncc2)C[C@@H]2CCCO2)c1Cl. The van der Waals surface area contributed by atoms with Crippen LogP contribution in [0.3, 0.4) is 0 Å². The summed E-state index contributed by atoms with van der Waals surface area (Å²) >= 11 is 6.23. The zero-order valence-corrected chi connectivity index (χ0v) is 14.8. The number of amides is 1. The maximum atomic E-state index is 14.3. The van der Waals surface area contributed by atoms with E-state index in [-0.39, 0.29) is 16.7 Å².